The highest BCUT2D eigenvalue weighted by Gasteiger charge is 2.49. The normalized spacial score (nSPS) is 28.3. The Bertz CT molecular complexity index is 791. The first kappa shape index (κ1) is 17.2. The van der Waals surface area contributed by atoms with Gasteiger partial charge in [-0.1, -0.05) is 6.07 Å². The molecule has 1 aromatic carbocycles. The zero-order valence-electron chi connectivity index (χ0n) is 14.7. The molecule has 2 bridgehead atoms. The summed E-state index contributed by atoms with van der Waals surface area (Å²) in [6.45, 7) is 1.94. The predicted molar refractivity (Wildman–Crippen MR) is 95.1 cm³/mol. The van der Waals surface area contributed by atoms with E-state index in [4.69, 9.17) is 4.42 Å². The fourth-order valence-corrected chi connectivity index (χ4v) is 4.36. The van der Waals surface area contributed by atoms with Crippen molar-refractivity contribution in [1.29, 1.82) is 0 Å². The van der Waals surface area contributed by atoms with Crippen LogP contribution < -0.4 is 5.32 Å². The Kier molecular flexibility index (Phi) is 4.32. The molecule has 0 aliphatic carbocycles. The van der Waals surface area contributed by atoms with Crippen LogP contribution in [0.5, 0.6) is 0 Å². The Morgan fingerprint density at radius 2 is 2.08 bits per heavy atom. The SMILES string of the molecule is Cc1ccc(NC(=O)CN2[C@H]3CC[C@H]2CC(O)(c2ccco2)C3)cc1F. The van der Waals surface area contributed by atoms with Gasteiger partial charge in [-0.2, -0.15) is 0 Å². The van der Waals surface area contributed by atoms with Crippen molar-refractivity contribution in [3.8, 4) is 0 Å². The van der Waals surface area contributed by atoms with E-state index in [1.807, 2.05) is 6.07 Å². The Labute approximate surface area is 151 Å². The second-order valence-electron chi connectivity index (χ2n) is 7.49. The number of furan rings is 1. The fourth-order valence-electron chi connectivity index (χ4n) is 4.36. The maximum Gasteiger partial charge on any atom is 0.238 e. The number of halogens is 1. The monoisotopic (exact) mass is 358 g/mol. The lowest BCUT2D eigenvalue weighted by atomic mass is 9.84. The quantitative estimate of drug-likeness (QED) is 0.881. The number of fused-ring (bicyclic) bond motifs is 2. The third-order valence-corrected chi connectivity index (χ3v) is 5.68. The van der Waals surface area contributed by atoms with Crippen LogP contribution >= 0.6 is 0 Å². The van der Waals surface area contributed by atoms with Crippen LogP contribution in [0.1, 0.15) is 37.0 Å². The second kappa shape index (κ2) is 6.52. The van der Waals surface area contributed by atoms with E-state index in [2.05, 4.69) is 10.2 Å². The Balaban J connectivity index is 1.42. The third-order valence-electron chi connectivity index (χ3n) is 5.68. The van der Waals surface area contributed by atoms with E-state index in [0.29, 0.717) is 29.9 Å². The van der Waals surface area contributed by atoms with Crippen molar-refractivity contribution in [2.45, 2.75) is 50.3 Å². The van der Waals surface area contributed by atoms with Gasteiger partial charge in [0.1, 0.15) is 17.2 Å². The fraction of sp³-hybridized carbons (Fsp3) is 0.450. The number of carbonyl (C=O) groups excluding carboxylic acids is 1. The molecule has 1 amide bonds. The van der Waals surface area contributed by atoms with E-state index in [1.165, 1.54) is 6.07 Å². The number of benzene rings is 1. The van der Waals surface area contributed by atoms with Gasteiger partial charge in [0.15, 0.2) is 0 Å². The summed E-state index contributed by atoms with van der Waals surface area (Å²) in [6, 6.07) is 8.58. The molecule has 3 heterocycles. The van der Waals surface area contributed by atoms with Gasteiger partial charge in [-0.15, -0.1) is 0 Å². The molecule has 2 aliphatic rings. The van der Waals surface area contributed by atoms with Crippen molar-refractivity contribution in [2.24, 2.45) is 0 Å². The summed E-state index contributed by atoms with van der Waals surface area (Å²) in [5.74, 6) is 0.117. The molecule has 4 rings (SSSR count). The lowest BCUT2D eigenvalue weighted by molar-refractivity contribution is -0.121. The summed E-state index contributed by atoms with van der Waals surface area (Å²) in [6.07, 6.45) is 4.61. The number of amides is 1. The molecular weight excluding hydrogens is 335 g/mol. The van der Waals surface area contributed by atoms with Crippen molar-refractivity contribution < 1.29 is 18.7 Å². The molecule has 0 spiro atoms. The molecular formula is C20H23FN2O3. The lowest BCUT2D eigenvalue weighted by Gasteiger charge is -2.42. The van der Waals surface area contributed by atoms with Crippen molar-refractivity contribution >= 4 is 11.6 Å². The van der Waals surface area contributed by atoms with Crippen molar-refractivity contribution in [1.82, 2.24) is 4.90 Å². The molecule has 1 aromatic heterocycles. The minimum Gasteiger partial charge on any atom is -0.466 e. The largest absolute Gasteiger partial charge is 0.466 e. The van der Waals surface area contributed by atoms with Crippen LogP contribution in [0.15, 0.2) is 41.0 Å². The molecule has 2 N–H and O–H groups in total. The van der Waals surface area contributed by atoms with Crippen molar-refractivity contribution in [3.63, 3.8) is 0 Å². The lowest BCUT2D eigenvalue weighted by Crippen LogP contribution is -2.51. The molecule has 138 valence electrons. The Morgan fingerprint density at radius 1 is 1.35 bits per heavy atom. The molecule has 26 heavy (non-hydrogen) atoms. The van der Waals surface area contributed by atoms with Gasteiger partial charge in [0.25, 0.3) is 0 Å². The number of hydrogen-bond acceptors (Lipinski definition) is 4. The molecule has 2 atom stereocenters. The maximum atomic E-state index is 13.6. The molecule has 2 aliphatic heterocycles. The number of piperidine rings is 1. The first-order chi connectivity index (χ1) is 12.4. The van der Waals surface area contributed by atoms with Crippen molar-refractivity contribution in [2.75, 3.05) is 11.9 Å². The van der Waals surface area contributed by atoms with Gasteiger partial charge in [-0.25, -0.2) is 4.39 Å². The highest BCUT2D eigenvalue weighted by atomic mass is 19.1. The van der Waals surface area contributed by atoms with Crippen LogP contribution in [0.4, 0.5) is 10.1 Å². The van der Waals surface area contributed by atoms with E-state index in [-0.39, 0.29) is 30.4 Å². The standard InChI is InChI=1S/C20H23FN2O3/c1-13-4-5-14(9-17(13)21)22-19(24)12-23-15-6-7-16(23)11-20(25,10-15)18-3-2-8-26-18/h2-5,8-9,15-16,25H,6-7,10-12H2,1H3,(H,22,24)/t15-,16-/m0/s1. The molecule has 6 heteroatoms. The van der Waals surface area contributed by atoms with Crippen LogP contribution in [0.3, 0.4) is 0 Å². The van der Waals surface area contributed by atoms with Gasteiger partial charge >= 0.3 is 0 Å². The second-order valence-corrected chi connectivity index (χ2v) is 7.49. The van der Waals surface area contributed by atoms with E-state index in [1.54, 1.807) is 31.4 Å². The molecule has 2 aromatic rings. The number of nitrogens with zero attached hydrogens (tertiary/aromatic N) is 1. The van der Waals surface area contributed by atoms with E-state index in [9.17, 15) is 14.3 Å². The molecule has 0 radical (unpaired) electrons. The van der Waals surface area contributed by atoms with E-state index >= 15 is 0 Å². The average Bonchev–Trinajstić information content (AvgIpc) is 3.20. The summed E-state index contributed by atoms with van der Waals surface area (Å²) in [5.41, 5.74) is 0.0615. The zero-order valence-corrected chi connectivity index (χ0v) is 14.7. The first-order valence-electron chi connectivity index (χ1n) is 9.03. The molecule has 2 fully saturated rings. The van der Waals surface area contributed by atoms with Crippen molar-refractivity contribution in [3.05, 3.63) is 53.7 Å². The number of aliphatic hydroxyl groups is 1. The summed E-state index contributed by atoms with van der Waals surface area (Å²) in [7, 11) is 0. The van der Waals surface area contributed by atoms with Gasteiger partial charge in [0.2, 0.25) is 5.91 Å². The van der Waals surface area contributed by atoms with E-state index < -0.39 is 5.60 Å². The first-order valence-corrected chi connectivity index (χ1v) is 9.03. The summed E-state index contributed by atoms with van der Waals surface area (Å²) >= 11 is 0. The maximum absolute atomic E-state index is 13.6. The van der Waals surface area contributed by atoms with Gasteiger partial charge in [-0.05, 0) is 62.4 Å². The summed E-state index contributed by atoms with van der Waals surface area (Å²) < 4.78 is 19.1. The third kappa shape index (κ3) is 3.15. The van der Waals surface area contributed by atoms with Gasteiger partial charge in [0.05, 0.1) is 12.8 Å². The highest BCUT2D eigenvalue weighted by Crippen LogP contribution is 2.45. The smallest absolute Gasteiger partial charge is 0.238 e. The number of nitrogens with one attached hydrogen (secondary N) is 1. The van der Waals surface area contributed by atoms with Crippen LogP contribution in [0.2, 0.25) is 0 Å². The van der Waals surface area contributed by atoms with E-state index in [0.717, 1.165) is 12.8 Å². The van der Waals surface area contributed by atoms with Crippen LogP contribution in [-0.4, -0.2) is 34.5 Å². The van der Waals surface area contributed by atoms with Crippen LogP contribution in [0.25, 0.3) is 0 Å². The number of aryl methyl sites for hydroxylation is 1. The number of hydrogen-bond donors (Lipinski definition) is 2. The van der Waals surface area contributed by atoms with Gasteiger partial charge < -0.3 is 14.8 Å². The topological polar surface area (TPSA) is 65.7 Å². The minimum atomic E-state index is -0.956. The minimum absolute atomic E-state index is 0.143. The summed E-state index contributed by atoms with van der Waals surface area (Å²) in [5, 5.41) is 13.8. The molecule has 0 saturated carbocycles. The number of anilines is 1. The Morgan fingerprint density at radius 3 is 2.69 bits per heavy atom. The highest BCUT2D eigenvalue weighted by molar-refractivity contribution is 5.92. The van der Waals surface area contributed by atoms with Gasteiger partial charge in [-0.3, -0.25) is 9.69 Å². The molecule has 0 unspecified atom stereocenters. The Hall–Kier alpha value is -2.18. The number of rotatable bonds is 4. The van der Waals surface area contributed by atoms with Crippen LogP contribution in [-0.2, 0) is 10.4 Å². The van der Waals surface area contributed by atoms with Crippen LogP contribution in [0, 0.1) is 12.7 Å². The molecule has 2 saturated heterocycles. The predicted octanol–water partition coefficient (Wildman–Crippen LogP) is 3.18. The molecule has 5 nitrogen and oxygen atoms in total. The number of carbonyl (C=O) groups is 1. The zero-order chi connectivity index (χ0) is 18.3. The summed E-state index contributed by atoms with van der Waals surface area (Å²) in [4.78, 5) is 14.6. The average molecular weight is 358 g/mol. The van der Waals surface area contributed by atoms with Gasteiger partial charge in [0, 0.05) is 17.8 Å².